The molecule has 0 atom stereocenters. The van der Waals surface area contributed by atoms with Gasteiger partial charge in [0, 0.05) is 28.4 Å². The van der Waals surface area contributed by atoms with E-state index in [4.69, 9.17) is 21.0 Å². The van der Waals surface area contributed by atoms with Crippen molar-refractivity contribution < 1.29 is 27.5 Å². The number of hydrogen-bond acceptors (Lipinski definition) is 5. The van der Waals surface area contributed by atoms with Crippen molar-refractivity contribution >= 4 is 28.5 Å². The zero-order valence-corrected chi connectivity index (χ0v) is 27.8. The molecule has 0 aliphatic carbocycles. The number of aromatic nitrogens is 2. The number of aliphatic hydroxyl groups excluding tert-OH is 1. The van der Waals surface area contributed by atoms with E-state index in [1.54, 1.807) is 26.0 Å². The summed E-state index contributed by atoms with van der Waals surface area (Å²) in [6.45, 7) is 14.5. The van der Waals surface area contributed by atoms with Crippen molar-refractivity contribution in [2.24, 2.45) is 0 Å². The van der Waals surface area contributed by atoms with E-state index >= 15 is 0 Å². The molecule has 10 heteroatoms. The lowest BCUT2D eigenvalue weighted by molar-refractivity contribution is -0.153. The van der Waals surface area contributed by atoms with Crippen molar-refractivity contribution in [3.05, 3.63) is 129 Å². The Morgan fingerprint density at radius 2 is 1.64 bits per heavy atom. The van der Waals surface area contributed by atoms with E-state index in [1.807, 2.05) is 64.1 Å². The summed E-state index contributed by atoms with van der Waals surface area (Å²) in [5.74, 6) is -1.58. The van der Waals surface area contributed by atoms with Crippen LogP contribution in [0.25, 0.3) is 22.2 Å². The second kappa shape index (κ2) is 12.5. The number of carbonyl (C=O) groups is 1. The van der Waals surface area contributed by atoms with E-state index in [-0.39, 0.29) is 24.6 Å². The lowest BCUT2D eigenvalue weighted by Gasteiger charge is -2.25. The molecular weight excluding hydrogens is 627 g/mol. The maximum Gasteiger partial charge on any atom is 0.449 e. The van der Waals surface area contributed by atoms with Gasteiger partial charge in [-0.1, -0.05) is 54.6 Å². The molecule has 0 fully saturated rings. The van der Waals surface area contributed by atoms with E-state index in [2.05, 4.69) is 11.6 Å². The predicted molar refractivity (Wildman–Crippen MR) is 177 cm³/mol. The minimum absolute atomic E-state index is 0.0233. The number of halogens is 4. The maximum absolute atomic E-state index is 14.5. The quantitative estimate of drug-likeness (QED) is 0.167. The van der Waals surface area contributed by atoms with Crippen molar-refractivity contribution in [1.29, 1.82) is 0 Å². The molecule has 6 nitrogen and oxygen atoms in total. The number of pyridine rings is 2. The first kappa shape index (κ1) is 33.7. The summed E-state index contributed by atoms with van der Waals surface area (Å²) in [5.41, 5.74) is 6.64. The predicted octanol–water partition coefficient (Wildman–Crippen LogP) is 9.99. The Hall–Kier alpha value is -4.63. The summed E-state index contributed by atoms with van der Waals surface area (Å²) in [5, 5.41) is 10.5. The number of allylic oxidation sites excluding steroid dienone is 1. The number of amides is 1. The van der Waals surface area contributed by atoms with Gasteiger partial charge < -0.3 is 14.4 Å². The normalized spacial score (nSPS) is 12.0. The van der Waals surface area contributed by atoms with Gasteiger partial charge >= 0.3 is 6.18 Å². The summed E-state index contributed by atoms with van der Waals surface area (Å²) >= 11 is 6.82. The molecule has 1 N–H and O–H groups in total. The summed E-state index contributed by atoms with van der Waals surface area (Å²) in [6, 6.07) is 17.0. The smallest absolute Gasteiger partial charge is 0.449 e. The van der Waals surface area contributed by atoms with Crippen LogP contribution in [-0.4, -0.2) is 25.9 Å². The minimum atomic E-state index is -4.67. The van der Waals surface area contributed by atoms with E-state index in [0.717, 1.165) is 34.0 Å². The lowest BCUT2D eigenvalue weighted by Crippen LogP contribution is -2.31. The Balaban J connectivity index is 1.56. The number of furan rings is 1. The highest BCUT2D eigenvalue weighted by Crippen LogP contribution is 2.35. The number of alkyl halides is 3. The number of fused-ring (bicyclic) bond motifs is 1. The number of nitrogens with zero attached hydrogens (tertiary/aromatic N) is 3. The van der Waals surface area contributed by atoms with Crippen LogP contribution >= 0.6 is 11.6 Å². The van der Waals surface area contributed by atoms with Crippen molar-refractivity contribution in [2.45, 2.75) is 66.2 Å². The van der Waals surface area contributed by atoms with Crippen LogP contribution in [0.3, 0.4) is 0 Å². The van der Waals surface area contributed by atoms with Crippen molar-refractivity contribution in [2.75, 3.05) is 0 Å². The summed E-state index contributed by atoms with van der Waals surface area (Å²) < 4.78 is 45.3. The van der Waals surface area contributed by atoms with Gasteiger partial charge in [0.1, 0.15) is 11.3 Å². The third-order valence-corrected chi connectivity index (χ3v) is 9.08. The highest BCUT2D eigenvalue weighted by Gasteiger charge is 2.35. The molecule has 0 saturated heterocycles. The van der Waals surface area contributed by atoms with Gasteiger partial charge in [-0.3, -0.25) is 14.8 Å². The monoisotopic (exact) mass is 661 g/mol. The fourth-order valence-corrected chi connectivity index (χ4v) is 5.56. The van der Waals surface area contributed by atoms with Gasteiger partial charge in [0.05, 0.1) is 23.4 Å². The molecule has 5 rings (SSSR count). The molecule has 3 aromatic heterocycles. The van der Waals surface area contributed by atoms with Crippen LogP contribution in [0.15, 0.2) is 77.4 Å². The second-order valence-electron chi connectivity index (χ2n) is 12.3. The SMILES string of the molecule is C=C(O)C(C)(C)c1cccc(-c2ccc(CN(Cc3ccc(C(F)(F)F)o3)C(=O)c3c(C)c(C)nc4cc(C)c(C)nc34)c(Cl)c2)c1. The zero-order valence-electron chi connectivity index (χ0n) is 27.0. The van der Waals surface area contributed by atoms with Gasteiger partial charge in [-0.05, 0) is 99.2 Å². The van der Waals surface area contributed by atoms with E-state index < -0.39 is 23.3 Å². The fraction of sp³-hybridized carbons (Fsp3) is 0.270. The summed E-state index contributed by atoms with van der Waals surface area (Å²) in [6.07, 6.45) is -4.67. The molecule has 5 aromatic rings. The van der Waals surface area contributed by atoms with Crippen LogP contribution < -0.4 is 0 Å². The van der Waals surface area contributed by atoms with Crippen LogP contribution in [0.4, 0.5) is 13.2 Å². The van der Waals surface area contributed by atoms with Gasteiger partial charge in [0.15, 0.2) is 0 Å². The molecule has 0 unspecified atom stereocenters. The minimum Gasteiger partial charge on any atom is -0.512 e. The first-order valence-electron chi connectivity index (χ1n) is 15.0. The van der Waals surface area contributed by atoms with E-state index in [1.165, 1.54) is 11.0 Å². The van der Waals surface area contributed by atoms with Gasteiger partial charge in [0.25, 0.3) is 5.91 Å². The number of hydrogen-bond donors (Lipinski definition) is 1. The standard InChI is InChI=1S/C37H35ClF3N3O3/c1-20-15-31-34(43-22(20)3)33(21(2)23(4)42-31)35(46)44(19-29-13-14-32(47-29)37(39,40)41)18-27-12-11-26(17-30(27)38)25-9-8-10-28(16-25)36(6,7)24(5)45/h8-17,45H,5,18-19H2,1-4,6-7H3. The van der Waals surface area contributed by atoms with E-state index in [9.17, 15) is 23.1 Å². The number of aryl methyl sites for hydroxylation is 3. The zero-order chi connectivity index (χ0) is 34.4. The summed E-state index contributed by atoms with van der Waals surface area (Å²) in [7, 11) is 0. The van der Waals surface area contributed by atoms with Crippen molar-refractivity contribution in [3.63, 3.8) is 0 Å². The molecule has 0 aliphatic heterocycles. The molecule has 0 aliphatic rings. The van der Waals surface area contributed by atoms with Crippen LogP contribution in [0.5, 0.6) is 0 Å². The number of aliphatic hydroxyl groups is 1. The average molecular weight is 662 g/mol. The Bertz CT molecular complexity index is 2030. The first-order valence-corrected chi connectivity index (χ1v) is 15.3. The van der Waals surface area contributed by atoms with Gasteiger partial charge in [0.2, 0.25) is 5.76 Å². The van der Waals surface area contributed by atoms with Crippen LogP contribution in [0, 0.1) is 27.7 Å². The molecular formula is C37H35ClF3N3O3. The molecule has 0 saturated carbocycles. The molecule has 3 heterocycles. The Kier molecular flexibility index (Phi) is 8.99. The first-order chi connectivity index (χ1) is 22.0. The number of rotatable bonds is 8. The highest BCUT2D eigenvalue weighted by atomic mass is 35.5. The molecule has 2 aromatic carbocycles. The third-order valence-electron chi connectivity index (χ3n) is 8.73. The molecule has 244 valence electrons. The van der Waals surface area contributed by atoms with Gasteiger partial charge in [-0.15, -0.1) is 0 Å². The Morgan fingerprint density at radius 1 is 0.936 bits per heavy atom. The largest absolute Gasteiger partial charge is 0.512 e. The number of carbonyl (C=O) groups excluding carboxylic acids is 1. The lowest BCUT2D eigenvalue weighted by atomic mass is 9.82. The molecule has 0 bridgehead atoms. The number of benzene rings is 2. The van der Waals surface area contributed by atoms with Gasteiger partial charge in [-0.2, -0.15) is 13.2 Å². The molecule has 0 spiro atoms. The Morgan fingerprint density at radius 3 is 2.28 bits per heavy atom. The fourth-order valence-electron chi connectivity index (χ4n) is 5.32. The molecule has 1 amide bonds. The molecule has 47 heavy (non-hydrogen) atoms. The maximum atomic E-state index is 14.5. The summed E-state index contributed by atoms with van der Waals surface area (Å²) in [4.78, 5) is 25.2. The average Bonchev–Trinajstić information content (AvgIpc) is 3.49. The van der Waals surface area contributed by atoms with Gasteiger partial charge in [-0.25, -0.2) is 0 Å². The van der Waals surface area contributed by atoms with E-state index in [0.29, 0.717) is 38.4 Å². The van der Waals surface area contributed by atoms with Crippen molar-refractivity contribution in [3.8, 4) is 11.1 Å². The molecule has 0 radical (unpaired) electrons. The third kappa shape index (κ3) is 6.76. The topological polar surface area (TPSA) is 79.5 Å². The second-order valence-corrected chi connectivity index (χ2v) is 12.7. The Labute approximate surface area is 276 Å². The van der Waals surface area contributed by atoms with Crippen LogP contribution in [0.2, 0.25) is 5.02 Å². The van der Waals surface area contributed by atoms with Crippen molar-refractivity contribution in [1.82, 2.24) is 14.9 Å². The van der Waals surface area contributed by atoms with Crippen LogP contribution in [-0.2, 0) is 24.7 Å². The highest BCUT2D eigenvalue weighted by molar-refractivity contribution is 6.31. The van der Waals surface area contributed by atoms with Crippen LogP contribution in [0.1, 0.15) is 69.4 Å².